The number of benzene rings is 1. The van der Waals surface area contributed by atoms with Crippen LogP contribution in [0.3, 0.4) is 0 Å². The van der Waals surface area contributed by atoms with Gasteiger partial charge in [-0.15, -0.1) is 0 Å². The van der Waals surface area contributed by atoms with Crippen LogP contribution in [-0.2, 0) is 11.4 Å². The van der Waals surface area contributed by atoms with Crippen molar-refractivity contribution in [3.05, 3.63) is 29.8 Å². The molecule has 4 heteroatoms. The van der Waals surface area contributed by atoms with Gasteiger partial charge in [-0.3, -0.25) is 4.79 Å². The van der Waals surface area contributed by atoms with Crippen molar-refractivity contribution in [1.29, 1.82) is 0 Å². The summed E-state index contributed by atoms with van der Waals surface area (Å²) in [5.41, 5.74) is 7.34. The maximum atomic E-state index is 11.8. The Morgan fingerprint density at radius 1 is 1.41 bits per heavy atom. The summed E-state index contributed by atoms with van der Waals surface area (Å²) in [6.07, 6.45) is 0.873. The second-order valence-corrected chi connectivity index (χ2v) is 4.26. The maximum Gasteiger partial charge on any atom is 0.241 e. The SMILES string of the molecule is CC[C@H](C)[C@H](N)C(=O)Nc1ccc(CO)cc1. The van der Waals surface area contributed by atoms with Gasteiger partial charge in [0.25, 0.3) is 0 Å². The number of rotatable bonds is 5. The zero-order valence-electron chi connectivity index (χ0n) is 10.3. The van der Waals surface area contributed by atoms with Gasteiger partial charge < -0.3 is 16.2 Å². The molecule has 0 aliphatic heterocycles. The average molecular weight is 236 g/mol. The maximum absolute atomic E-state index is 11.8. The van der Waals surface area contributed by atoms with Crippen LogP contribution in [0.1, 0.15) is 25.8 Å². The Morgan fingerprint density at radius 3 is 2.47 bits per heavy atom. The van der Waals surface area contributed by atoms with Gasteiger partial charge in [0.2, 0.25) is 5.91 Å². The predicted molar refractivity (Wildman–Crippen MR) is 68.4 cm³/mol. The van der Waals surface area contributed by atoms with Crippen molar-refractivity contribution in [2.45, 2.75) is 32.9 Å². The first kappa shape index (κ1) is 13.7. The Morgan fingerprint density at radius 2 is 2.00 bits per heavy atom. The summed E-state index contributed by atoms with van der Waals surface area (Å²) in [4.78, 5) is 11.8. The molecular formula is C13H20N2O2. The van der Waals surface area contributed by atoms with Gasteiger partial charge in [-0.2, -0.15) is 0 Å². The molecule has 0 bridgehead atoms. The molecule has 17 heavy (non-hydrogen) atoms. The fourth-order valence-corrected chi connectivity index (χ4v) is 1.43. The van der Waals surface area contributed by atoms with Gasteiger partial charge in [0.1, 0.15) is 0 Å². The smallest absolute Gasteiger partial charge is 0.241 e. The van der Waals surface area contributed by atoms with Crippen LogP contribution in [0.15, 0.2) is 24.3 Å². The summed E-state index contributed by atoms with van der Waals surface area (Å²) in [7, 11) is 0. The topological polar surface area (TPSA) is 75.4 Å². The molecule has 0 saturated heterocycles. The second kappa shape index (κ2) is 6.37. The number of carbonyl (C=O) groups is 1. The first-order valence-corrected chi connectivity index (χ1v) is 5.84. The molecule has 0 spiro atoms. The van der Waals surface area contributed by atoms with Gasteiger partial charge in [0, 0.05) is 5.69 Å². The van der Waals surface area contributed by atoms with Crippen molar-refractivity contribution < 1.29 is 9.90 Å². The molecular weight excluding hydrogens is 216 g/mol. The Balaban J connectivity index is 2.61. The molecule has 0 saturated carbocycles. The molecule has 0 radical (unpaired) electrons. The van der Waals surface area contributed by atoms with Crippen molar-refractivity contribution >= 4 is 11.6 Å². The molecule has 94 valence electrons. The van der Waals surface area contributed by atoms with Crippen LogP contribution < -0.4 is 11.1 Å². The first-order chi connectivity index (χ1) is 8.08. The molecule has 0 heterocycles. The van der Waals surface area contributed by atoms with Crippen molar-refractivity contribution in [2.75, 3.05) is 5.32 Å². The summed E-state index contributed by atoms with van der Waals surface area (Å²) in [6.45, 7) is 3.97. The number of aliphatic hydroxyl groups excluding tert-OH is 1. The standard InChI is InChI=1S/C13H20N2O2/c1-3-9(2)12(14)13(17)15-11-6-4-10(8-16)5-7-11/h4-7,9,12,16H,3,8,14H2,1-2H3,(H,15,17)/t9-,12-/m0/s1. The Labute approximate surface area is 102 Å². The van der Waals surface area contributed by atoms with Crippen molar-refractivity contribution in [2.24, 2.45) is 11.7 Å². The number of anilines is 1. The third-order valence-corrected chi connectivity index (χ3v) is 2.96. The molecule has 0 aliphatic carbocycles. The normalized spacial score (nSPS) is 14.1. The van der Waals surface area contributed by atoms with E-state index in [0.717, 1.165) is 12.0 Å². The van der Waals surface area contributed by atoms with Gasteiger partial charge in [0.05, 0.1) is 12.6 Å². The summed E-state index contributed by atoms with van der Waals surface area (Å²) >= 11 is 0. The van der Waals surface area contributed by atoms with Crippen molar-refractivity contribution in [3.8, 4) is 0 Å². The fraction of sp³-hybridized carbons (Fsp3) is 0.462. The van der Waals surface area contributed by atoms with Gasteiger partial charge in [0.15, 0.2) is 0 Å². The van der Waals surface area contributed by atoms with E-state index in [0.29, 0.717) is 5.69 Å². The molecule has 1 aromatic rings. The monoisotopic (exact) mass is 236 g/mol. The lowest BCUT2D eigenvalue weighted by molar-refractivity contribution is -0.118. The molecule has 1 amide bonds. The van der Waals surface area contributed by atoms with E-state index in [1.807, 2.05) is 13.8 Å². The average Bonchev–Trinajstić information content (AvgIpc) is 2.37. The van der Waals surface area contributed by atoms with E-state index in [1.54, 1.807) is 24.3 Å². The Bertz CT molecular complexity index is 362. The van der Waals surface area contributed by atoms with Crippen molar-refractivity contribution in [3.63, 3.8) is 0 Å². The molecule has 0 aromatic heterocycles. The molecule has 0 unspecified atom stereocenters. The third-order valence-electron chi connectivity index (χ3n) is 2.96. The predicted octanol–water partition coefficient (Wildman–Crippen LogP) is 1.49. The first-order valence-electron chi connectivity index (χ1n) is 5.84. The highest BCUT2D eigenvalue weighted by Crippen LogP contribution is 2.12. The minimum atomic E-state index is -0.488. The van der Waals surface area contributed by atoms with Crippen LogP contribution in [0, 0.1) is 5.92 Å². The zero-order chi connectivity index (χ0) is 12.8. The fourth-order valence-electron chi connectivity index (χ4n) is 1.43. The van der Waals surface area contributed by atoms with Crippen LogP contribution in [0.4, 0.5) is 5.69 Å². The van der Waals surface area contributed by atoms with Crippen LogP contribution in [0.5, 0.6) is 0 Å². The highest BCUT2D eigenvalue weighted by Gasteiger charge is 2.19. The third kappa shape index (κ3) is 3.84. The van der Waals surface area contributed by atoms with Gasteiger partial charge in [-0.05, 0) is 23.6 Å². The van der Waals surface area contributed by atoms with Crippen molar-refractivity contribution in [1.82, 2.24) is 0 Å². The molecule has 0 aliphatic rings. The van der Waals surface area contributed by atoms with E-state index >= 15 is 0 Å². The number of hydrogen-bond acceptors (Lipinski definition) is 3. The lowest BCUT2D eigenvalue weighted by Gasteiger charge is -2.17. The van der Waals surface area contributed by atoms with E-state index in [1.165, 1.54) is 0 Å². The van der Waals surface area contributed by atoms with Crippen LogP contribution in [0.25, 0.3) is 0 Å². The number of amides is 1. The van der Waals surface area contributed by atoms with E-state index in [2.05, 4.69) is 5.32 Å². The highest BCUT2D eigenvalue weighted by molar-refractivity contribution is 5.94. The van der Waals surface area contributed by atoms with E-state index in [-0.39, 0.29) is 18.4 Å². The Kier molecular flexibility index (Phi) is 5.12. The minimum absolute atomic E-state index is 0.000604. The molecule has 0 fully saturated rings. The zero-order valence-corrected chi connectivity index (χ0v) is 10.3. The number of carbonyl (C=O) groups excluding carboxylic acids is 1. The number of nitrogens with two attached hydrogens (primary N) is 1. The minimum Gasteiger partial charge on any atom is -0.392 e. The lowest BCUT2D eigenvalue weighted by Crippen LogP contribution is -2.40. The van der Waals surface area contributed by atoms with Gasteiger partial charge in [-0.25, -0.2) is 0 Å². The number of aliphatic hydroxyl groups is 1. The lowest BCUT2D eigenvalue weighted by atomic mass is 9.99. The summed E-state index contributed by atoms with van der Waals surface area (Å²) < 4.78 is 0. The quantitative estimate of drug-likeness (QED) is 0.725. The van der Waals surface area contributed by atoms with Crippen LogP contribution >= 0.6 is 0 Å². The summed E-state index contributed by atoms with van der Waals surface area (Å²) in [6, 6.07) is 6.56. The second-order valence-electron chi connectivity index (χ2n) is 4.26. The highest BCUT2D eigenvalue weighted by atomic mass is 16.3. The van der Waals surface area contributed by atoms with E-state index in [4.69, 9.17) is 10.8 Å². The Hall–Kier alpha value is -1.39. The van der Waals surface area contributed by atoms with Gasteiger partial charge >= 0.3 is 0 Å². The number of hydrogen-bond donors (Lipinski definition) is 3. The molecule has 2 atom stereocenters. The van der Waals surface area contributed by atoms with E-state index < -0.39 is 6.04 Å². The summed E-state index contributed by atoms with van der Waals surface area (Å²) in [5.74, 6) is -0.0113. The molecule has 1 aromatic carbocycles. The van der Waals surface area contributed by atoms with Crippen LogP contribution in [0.2, 0.25) is 0 Å². The van der Waals surface area contributed by atoms with Crippen LogP contribution in [-0.4, -0.2) is 17.1 Å². The summed E-state index contributed by atoms with van der Waals surface area (Å²) in [5, 5.41) is 11.7. The molecule has 4 nitrogen and oxygen atoms in total. The van der Waals surface area contributed by atoms with E-state index in [9.17, 15) is 4.79 Å². The molecule has 4 N–H and O–H groups in total. The van der Waals surface area contributed by atoms with Gasteiger partial charge in [-0.1, -0.05) is 32.4 Å². The number of nitrogens with one attached hydrogen (secondary N) is 1. The molecule has 1 rings (SSSR count). The largest absolute Gasteiger partial charge is 0.392 e.